The van der Waals surface area contributed by atoms with Gasteiger partial charge in [-0.3, -0.25) is 4.79 Å². The smallest absolute Gasteiger partial charge is 0.284 e. The molecule has 1 aliphatic rings. The van der Waals surface area contributed by atoms with Crippen LogP contribution in [0.1, 0.15) is 51.5 Å². The fourth-order valence-electron chi connectivity index (χ4n) is 2.57. The summed E-state index contributed by atoms with van der Waals surface area (Å²) in [6.45, 7) is 6.58. The normalized spacial score (nSPS) is 22.7. The Labute approximate surface area is 120 Å². The van der Waals surface area contributed by atoms with Crippen LogP contribution in [0.3, 0.4) is 0 Å². The van der Waals surface area contributed by atoms with Crippen molar-refractivity contribution in [2.45, 2.75) is 56.9 Å². The third-order valence-electron chi connectivity index (χ3n) is 3.92. The number of benzene rings is 1. The highest BCUT2D eigenvalue weighted by Gasteiger charge is 2.24. The molecule has 1 fully saturated rings. The molecule has 0 bridgehead atoms. The van der Waals surface area contributed by atoms with E-state index in [1.807, 2.05) is 12.1 Å². The molecular formula is C16H23NOS. The summed E-state index contributed by atoms with van der Waals surface area (Å²) in [4.78, 5) is 13.0. The Balaban J connectivity index is 1.88. The van der Waals surface area contributed by atoms with Crippen molar-refractivity contribution in [1.82, 2.24) is 5.32 Å². The Morgan fingerprint density at radius 1 is 1.26 bits per heavy atom. The summed E-state index contributed by atoms with van der Waals surface area (Å²) in [6, 6.07) is 8.67. The second-order valence-corrected chi connectivity index (χ2v) is 6.82. The van der Waals surface area contributed by atoms with E-state index in [0.29, 0.717) is 17.9 Å². The molecule has 0 radical (unpaired) electrons. The molecule has 0 spiro atoms. The predicted molar refractivity (Wildman–Crippen MR) is 81.7 cm³/mol. The van der Waals surface area contributed by atoms with E-state index in [9.17, 15) is 4.79 Å². The first kappa shape index (κ1) is 14.4. The molecule has 1 aromatic rings. The number of thioether (sulfide) groups is 1. The van der Waals surface area contributed by atoms with Crippen molar-refractivity contribution in [2.75, 3.05) is 0 Å². The van der Waals surface area contributed by atoms with E-state index >= 15 is 0 Å². The molecule has 2 rings (SSSR count). The highest BCUT2D eigenvalue weighted by Crippen LogP contribution is 2.27. The van der Waals surface area contributed by atoms with Gasteiger partial charge in [-0.2, -0.15) is 0 Å². The van der Waals surface area contributed by atoms with E-state index in [4.69, 9.17) is 0 Å². The Morgan fingerprint density at radius 2 is 1.95 bits per heavy atom. The SMILES string of the molecule is CC(C)c1ccc(SC(=O)NC2CCCC2C)cc1. The number of nitrogens with one attached hydrogen (secondary N) is 1. The maximum absolute atomic E-state index is 12.0. The average molecular weight is 277 g/mol. The van der Waals surface area contributed by atoms with Crippen molar-refractivity contribution in [2.24, 2.45) is 5.92 Å². The summed E-state index contributed by atoms with van der Waals surface area (Å²) < 4.78 is 0. The highest BCUT2D eigenvalue weighted by atomic mass is 32.2. The fraction of sp³-hybridized carbons (Fsp3) is 0.562. The van der Waals surface area contributed by atoms with Crippen LogP contribution in [0.25, 0.3) is 0 Å². The molecule has 2 atom stereocenters. The van der Waals surface area contributed by atoms with E-state index in [0.717, 1.165) is 11.3 Å². The quantitative estimate of drug-likeness (QED) is 0.804. The molecule has 0 saturated heterocycles. The first-order valence-corrected chi connectivity index (χ1v) is 7.96. The summed E-state index contributed by atoms with van der Waals surface area (Å²) >= 11 is 1.30. The second kappa shape index (κ2) is 6.47. The fourth-order valence-corrected chi connectivity index (χ4v) is 3.27. The summed E-state index contributed by atoms with van der Waals surface area (Å²) in [5, 5.41) is 3.22. The van der Waals surface area contributed by atoms with Gasteiger partial charge >= 0.3 is 0 Å². The minimum absolute atomic E-state index is 0.0797. The van der Waals surface area contributed by atoms with Gasteiger partial charge in [0.25, 0.3) is 5.24 Å². The van der Waals surface area contributed by atoms with E-state index in [2.05, 4.69) is 38.2 Å². The molecule has 1 N–H and O–H groups in total. The summed E-state index contributed by atoms with van der Waals surface area (Å²) in [5.41, 5.74) is 1.31. The van der Waals surface area contributed by atoms with Gasteiger partial charge in [-0.15, -0.1) is 0 Å². The van der Waals surface area contributed by atoms with E-state index in [1.165, 1.54) is 30.2 Å². The number of hydrogen-bond donors (Lipinski definition) is 1. The highest BCUT2D eigenvalue weighted by molar-refractivity contribution is 8.13. The topological polar surface area (TPSA) is 29.1 Å². The van der Waals surface area contributed by atoms with Gasteiger partial charge in [0.15, 0.2) is 0 Å². The van der Waals surface area contributed by atoms with E-state index in [1.54, 1.807) is 0 Å². The lowest BCUT2D eigenvalue weighted by Gasteiger charge is -2.16. The average Bonchev–Trinajstić information content (AvgIpc) is 2.75. The number of amides is 1. The molecule has 2 nitrogen and oxygen atoms in total. The molecule has 2 unspecified atom stereocenters. The first-order valence-electron chi connectivity index (χ1n) is 7.14. The van der Waals surface area contributed by atoms with Crippen LogP contribution < -0.4 is 5.32 Å². The lowest BCUT2D eigenvalue weighted by atomic mass is 10.0. The number of carbonyl (C=O) groups is 1. The number of rotatable bonds is 3. The number of hydrogen-bond acceptors (Lipinski definition) is 2. The second-order valence-electron chi connectivity index (χ2n) is 5.77. The summed E-state index contributed by atoms with van der Waals surface area (Å²) in [7, 11) is 0. The lowest BCUT2D eigenvalue weighted by Crippen LogP contribution is -2.33. The van der Waals surface area contributed by atoms with Crippen LogP contribution >= 0.6 is 11.8 Å². The molecule has 1 saturated carbocycles. The summed E-state index contributed by atoms with van der Waals surface area (Å²) in [6.07, 6.45) is 3.60. The summed E-state index contributed by atoms with van der Waals surface area (Å²) in [5.74, 6) is 1.15. The van der Waals surface area contributed by atoms with Crippen molar-refractivity contribution in [3.8, 4) is 0 Å². The van der Waals surface area contributed by atoms with Gasteiger partial charge in [-0.1, -0.05) is 39.3 Å². The van der Waals surface area contributed by atoms with Gasteiger partial charge in [-0.25, -0.2) is 0 Å². The Bertz CT molecular complexity index is 427. The largest absolute Gasteiger partial charge is 0.344 e. The third-order valence-corrected chi connectivity index (χ3v) is 4.73. The van der Waals surface area contributed by atoms with Gasteiger partial charge in [0.05, 0.1) is 0 Å². The molecule has 104 valence electrons. The Hall–Kier alpha value is -0.960. The van der Waals surface area contributed by atoms with Gasteiger partial charge in [0, 0.05) is 10.9 Å². The monoisotopic (exact) mass is 277 g/mol. The van der Waals surface area contributed by atoms with Crippen molar-refractivity contribution in [1.29, 1.82) is 0 Å². The van der Waals surface area contributed by atoms with Crippen LogP contribution in [-0.4, -0.2) is 11.3 Å². The van der Waals surface area contributed by atoms with Crippen molar-refractivity contribution in [3.63, 3.8) is 0 Å². The Morgan fingerprint density at radius 3 is 2.47 bits per heavy atom. The van der Waals surface area contributed by atoms with Gasteiger partial charge in [0.1, 0.15) is 0 Å². The van der Waals surface area contributed by atoms with Crippen LogP contribution in [0.15, 0.2) is 29.2 Å². The molecule has 3 heteroatoms. The standard InChI is InChI=1S/C16H23NOS/c1-11(2)13-7-9-14(10-8-13)19-16(18)17-15-6-4-5-12(15)3/h7-12,15H,4-6H2,1-3H3,(H,17,18). The Kier molecular flexibility index (Phi) is 4.92. The zero-order chi connectivity index (χ0) is 13.8. The van der Waals surface area contributed by atoms with Crippen LogP contribution in [-0.2, 0) is 0 Å². The number of carbonyl (C=O) groups excluding carboxylic acids is 1. The van der Waals surface area contributed by atoms with Gasteiger partial charge in [0.2, 0.25) is 0 Å². The maximum atomic E-state index is 12.0. The molecular weight excluding hydrogens is 254 g/mol. The van der Waals surface area contributed by atoms with Crippen molar-refractivity contribution in [3.05, 3.63) is 29.8 Å². The molecule has 19 heavy (non-hydrogen) atoms. The van der Waals surface area contributed by atoms with Crippen LogP contribution in [0.4, 0.5) is 4.79 Å². The van der Waals surface area contributed by atoms with Crippen molar-refractivity contribution >= 4 is 17.0 Å². The molecule has 1 amide bonds. The van der Waals surface area contributed by atoms with Crippen LogP contribution in [0.5, 0.6) is 0 Å². The van der Waals surface area contributed by atoms with Crippen LogP contribution in [0.2, 0.25) is 0 Å². The maximum Gasteiger partial charge on any atom is 0.284 e. The predicted octanol–water partition coefficient (Wildman–Crippen LogP) is 4.80. The minimum atomic E-state index is 0.0797. The van der Waals surface area contributed by atoms with E-state index in [-0.39, 0.29) is 5.24 Å². The van der Waals surface area contributed by atoms with Crippen LogP contribution in [0, 0.1) is 5.92 Å². The molecule has 0 aromatic heterocycles. The van der Waals surface area contributed by atoms with Gasteiger partial charge in [-0.05, 0) is 54.1 Å². The van der Waals surface area contributed by atoms with Crippen molar-refractivity contribution < 1.29 is 4.79 Å². The molecule has 0 aliphatic heterocycles. The zero-order valence-electron chi connectivity index (χ0n) is 12.0. The lowest BCUT2D eigenvalue weighted by molar-refractivity contribution is 0.255. The zero-order valence-corrected chi connectivity index (χ0v) is 12.8. The first-order chi connectivity index (χ1) is 9.06. The molecule has 0 heterocycles. The third kappa shape index (κ3) is 4.00. The van der Waals surface area contributed by atoms with Gasteiger partial charge < -0.3 is 5.32 Å². The molecule has 1 aliphatic carbocycles. The minimum Gasteiger partial charge on any atom is -0.344 e. The van der Waals surface area contributed by atoms with E-state index < -0.39 is 0 Å². The molecule has 1 aromatic carbocycles.